The molecule has 0 saturated carbocycles. The summed E-state index contributed by atoms with van der Waals surface area (Å²) in [6.07, 6.45) is 0.388. The van der Waals surface area contributed by atoms with E-state index in [0.717, 1.165) is 0 Å². The molecule has 1 aromatic rings. The Kier molecular flexibility index (Phi) is 3.35. The van der Waals surface area contributed by atoms with Crippen molar-refractivity contribution >= 4 is 17.4 Å². The predicted octanol–water partition coefficient (Wildman–Crippen LogP) is 3.56. The summed E-state index contributed by atoms with van der Waals surface area (Å²) in [4.78, 5) is 11.9. The van der Waals surface area contributed by atoms with Gasteiger partial charge < -0.3 is 9.47 Å². The number of ketones is 1. The van der Waals surface area contributed by atoms with Crippen LogP contribution >= 0.6 is 11.6 Å². The third kappa shape index (κ3) is 2.85. The zero-order chi connectivity index (χ0) is 13.3. The molecule has 0 amide bonds. The summed E-state index contributed by atoms with van der Waals surface area (Å²) in [5.41, 5.74) is 0.130. The van der Waals surface area contributed by atoms with Gasteiger partial charge in [-0.05, 0) is 26.0 Å². The molecule has 96 valence electrons. The van der Waals surface area contributed by atoms with Gasteiger partial charge in [-0.15, -0.1) is 0 Å². The van der Waals surface area contributed by atoms with E-state index in [-0.39, 0.29) is 12.4 Å². The summed E-state index contributed by atoms with van der Waals surface area (Å²) >= 11 is 5.63. The van der Waals surface area contributed by atoms with Crippen LogP contribution in [0.4, 0.5) is 0 Å². The Bertz CT molecular complexity index is 506. The van der Waals surface area contributed by atoms with Gasteiger partial charge in [0.1, 0.15) is 23.7 Å². The standard InChI is InChI=1S/C14H15ClO3/c1-9(15)8-17-10-4-5-11-12(16)7-14(2,3)18-13(11)6-10/h4-6H,1,7-8H2,2-3H3. The highest BCUT2D eigenvalue weighted by atomic mass is 35.5. The Balaban J connectivity index is 2.26. The number of benzene rings is 1. The molecular weight excluding hydrogens is 252 g/mol. The molecule has 18 heavy (non-hydrogen) atoms. The lowest BCUT2D eigenvalue weighted by Crippen LogP contribution is -2.35. The molecule has 4 heteroatoms. The Morgan fingerprint density at radius 3 is 2.94 bits per heavy atom. The Morgan fingerprint density at radius 1 is 1.56 bits per heavy atom. The SMILES string of the molecule is C=C(Cl)COc1ccc2c(c1)OC(C)(C)CC2=O. The number of Topliss-reactive ketones (excluding diaryl/α,β-unsaturated/α-hetero) is 1. The maximum absolute atomic E-state index is 11.9. The third-order valence-electron chi connectivity index (χ3n) is 2.62. The largest absolute Gasteiger partial charge is 0.488 e. The van der Waals surface area contributed by atoms with E-state index in [4.69, 9.17) is 21.1 Å². The number of ether oxygens (including phenoxy) is 2. The fourth-order valence-corrected chi connectivity index (χ4v) is 1.94. The summed E-state index contributed by atoms with van der Waals surface area (Å²) in [6, 6.07) is 5.17. The number of halogens is 1. The van der Waals surface area contributed by atoms with Crippen molar-refractivity contribution in [3.8, 4) is 11.5 Å². The van der Waals surface area contributed by atoms with E-state index >= 15 is 0 Å². The average Bonchev–Trinajstić information content (AvgIpc) is 2.24. The van der Waals surface area contributed by atoms with Crippen LogP contribution in [0.25, 0.3) is 0 Å². The lowest BCUT2D eigenvalue weighted by molar-refractivity contribution is 0.0618. The molecule has 0 spiro atoms. The van der Waals surface area contributed by atoms with Crippen molar-refractivity contribution in [3.05, 3.63) is 35.4 Å². The van der Waals surface area contributed by atoms with E-state index in [1.54, 1.807) is 18.2 Å². The van der Waals surface area contributed by atoms with Crippen LogP contribution in [0, 0.1) is 0 Å². The van der Waals surface area contributed by atoms with Gasteiger partial charge in [0, 0.05) is 11.1 Å². The van der Waals surface area contributed by atoms with E-state index in [0.29, 0.717) is 28.5 Å². The second-order valence-electron chi connectivity index (χ2n) is 4.93. The molecule has 0 aliphatic carbocycles. The predicted molar refractivity (Wildman–Crippen MR) is 70.6 cm³/mol. The van der Waals surface area contributed by atoms with E-state index < -0.39 is 5.60 Å². The molecule has 2 rings (SSSR count). The zero-order valence-electron chi connectivity index (χ0n) is 10.5. The van der Waals surface area contributed by atoms with Crippen LogP contribution in [0.5, 0.6) is 11.5 Å². The zero-order valence-corrected chi connectivity index (χ0v) is 11.2. The van der Waals surface area contributed by atoms with Gasteiger partial charge in [-0.3, -0.25) is 4.79 Å². The van der Waals surface area contributed by atoms with E-state index in [1.165, 1.54) is 0 Å². The number of carbonyl (C=O) groups excluding carboxylic acids is 1. The molecule has 0 atom stereocenters. The first-order valence-electron chi connectivity index (χ1n) is 5.70. The molecule has 1 aliphatic rings. The van der Waals surface area contributed by atoms with Crippen LogP contribution in [0.3, 0.4) is 0 Å². The highest BCUT2D eigenvalue weighted by molar-refractivity contribution is 6.29. The lowest BCUT2D eigenvalue weighted by Gasteiger charge is -2.31. The first-order chi connectivity index (χ1) is 8.37. The van der Waals surface area contributed by atoms with Crippen LogP contribution in [0.15, 0.2) is 29.8 Å². The summed E-state index contributed by atoms with van der Waals surface area (Å²) in [7, 11) is 0. The second-order valence-corrected chi connectivity index (χ2v) is 5.46. The van der Waals surface area contributed by atoms with Crippen LogP contribution in [0.1, 0.15) is 30.6 Å². The van der Waals surface area contributed by atoms with Crippen molar-refractivity contribution in [2.45, 2.75) is 25.9 Å². The number of hydrogen-bond acceptors (Lipinski definition) is 3. The van der Waals surface area contributed by atoms with Crippen LogP contribution < -0.4 is 9.47 Å². The minimum absolute atomic E-state index is 0.0922. The Morgan fingerprint density at radius 2 is 2.28 bits per heavy atom. The first kappa shape index (κ1) is 13.0. The summed E-state index contributed by atoms with van der Waals surface area (Å²) in [5.74, 6) is 1.27. The Hall–Kier alpha value is -1.48. The minimum Gasteiger partial charge on any atom is -0.488 e. The van der Waals surface area contributed by atoms with Gasteiger partial charge >= 0.3 is 0 Å². The molecule has 1 aromatic carbocycles. The van der Waals surface area contributed by atoms with Gasteiger partial charge in [0.05, 0.1) is 12.0 Å². The number of hydrogen-bond donors (Lipinski definition) is 0. The monoisotopic (exact) mass is 266 g/mol. The fraction of sp³-hybridized carbons (Fsp3) is 0.357. The van der Waals surface area contributed by atoms with Crippen molar-refractivity contribution in [1.82, 2.24) is 0 Å². The molecule has 0 fully saturated rings. The number of rotatable bonds is 3. The van der Waals surface area contributed by atoms with Gasteiger partial charge in [0.15, 0.2) is 5.78 Å². The molecule has 3 nitrogen and oxygen atoms in total. The molecule has 0 saturated heterocycles. The smallest absolute Gasteiger partial charge is 0.170 e. The normalized spacial score (nSPS) is 16.7. The summed E-state index contributed by atoms with van der Waals surface area (Å²) in [6.45, 7) is 7.56. The fourth-order valence-electron chi connectivity index (χ4n) is 1.88. The molecule has 1 aliphatic heterocycles. The van der Waals surface area contributed by atoms with Gasteiger partial charge in [-0.1, -0.05) is 18.2 Å². The maximum Gasteiger partial charge on any atom is 0.170 e. The van der Waals surface area contributed by atoms with Crippen LogP contribution in [-0.2, 0) is 0 Å². The van der Waals surface area contributed by atoms with Crippen molar-refractivity contribution in [1.29, 1.82) is 0 Å². The van der Waals surface area contributed by atoms with Gasteiger partial charge in [0.25, 0.3) is 0 Å². The van der Waals surface area contributed by atoms with Crippen LogP contribution in [0.2, 0.25) is 0 Å². The van der Waals surface area contributed by atoms with Crippen molar-refractivity contribution in [3.63, 3.8) is 0 Å². The second kappa shape index (κ2) is 4.65. The highest BCUT2D eigenvalue weighted by Gasteiger charge is 2.32. The summed E-state index contributed by atoms with van der Waals surface area (Å²) < 4.78 is 11.2. The first-order valence-corrected chi connectivity index (χ1v) is 6.07. The number of fused-ring (bicyclic) bond motifs is 1. The lowest BCUT2D eigenvalue weighted by atomic mass is 9.93. The molecule has 0 N–H and O–H groups in total. The minimum atomic E-state index is -0.473. The molecule has 0 bridgehead atoms. The summed E-state index contributed by atoms with van der Waals surface area (Å²) in [5, 5.41) is 0.421. The van der Waals surface area contributed by atoms with Gasteiger partial charge in [-0.2, -0.15) is 0 Å². The topological polar surface area (TPSA) is 35.5 Å². The maximum atomic E-state index is 11.9. The molecule has 0 aromatic heterocycles. The van der Waals surface area contributed by atoms with E-state index in [1.807, 2.05) is 13.8 Å². The third-order valence-corrected chi connectivity index (χ3v) is 2.73. The number of carbonyl (C=O) groups is 1. The molecule has 0 radical (unpaired) electrons. The molecule has 1 heterocycles. The van der Waals surface area contributed by atoms with Crippen LogP contribution in [-0.4, -0.2) is 18.0 Å². The Labute approximate surface area is 111 Å². The van der Waals surface area contributed by atoms with Crippen molar-refractivity contribution < 1.29 is 14.3 Å². The van der Waals surface area contributed by atoms with Gasteiger partial charge in [-0.25, -0.2) is 0 Å². The van der Waals surface area contributed by atoms with E-state index in [2.05, 4.69) is 6.58 Å². The quantitative estimate of drug-likeness (QED) is 0.839. The van der Waals surface area contributed by atoms with Crippen molar-refractivity contribution in [2.75, 3.05) is 6.61 Å². The van der Waals surface area contributed by atoms with E-state index in [9.17, 15) is 4.79 Å². The molecular formula is C14H15ClO3. The van der Waals surface area contributed by atoms with Crippen molar-refractivity contribution in [2.24, 2.45) is 0 Å². The highest BCUT2D eigenvalue weighted by Crippen LogP contribution is 2.35. The average molecular weight is 267 g/mol. The molecule has 0 unspecified atom stereocenters. The van der Waals surface area contributed by atoms with Gasteiger partial charge in [0.2, 0.25) is 0 Å².